The van der Waals surface area contributed by atoms with Crippen LogP contribution in [-0.4, -0.2) is 30.1 Å². The van der Waals surface area contributed by atoms with Crippen LogP contribution in [0.15, 0.2) is 79.7 Å². The molecule has 5 heterocycles. The summed E-state index contributed by atoms with van der Waals surface area (Å²) >= 11 is 0. The van der Waals surface area contributed by atoms with Crippen molar-refractivity contribution in [2.45, 2.75) is 26.2 Å². The highest BCUT2D eigenvalue weighted by Crippen LogP contribution is 2.33. The lowest BCUT2D eigenvalue weighted by atomic mass is 9.83. The lowest BCUT2D eigenvalue weighted by Crippen LogP contribution is -2.21. The smallest absolute Gasteiger partial charge is 0.116 e. The number of hydrogen-bond acceptors (Lipinski definition) is 5. The van der Waals surface area contributed by atoms with Crippen LogP contribution in [0.3, 0.4) is 0 Å². The average Bonchev–Trinajstić information content (AvgIpc) is 3.49. The molecule has 7 nitrogen and oxygen atoms in total. The SMILES string of the molecule is C=C(Nc1cncc(/C(C)=C/C=c2/[nH]nc(-c3cc4c(-c5ccccn5)cncc4[nH]3)c2=C)c1)C1CCC1. The summed E-state index contributed by atoms with van der Waals surface area (Å²) in [5.74, 6) is 0.573. The van der Waals surface area contributed by atoms with E-state index < -0.39 is 0 Å². The molecule has 0 saturated heterocycles. The first kappa shape index (κ1) is 23.6. The molecule has 0 unspecified atom stereocenters. The molecule has 3 N–H and O–H groups in total. The lowest BCUT2D eigenvalue weighted by molar-refractivity contribution is 0.371. The first-order valence-corrected chi connectivity index (χ1v) is 12.8. The number of fused-ring (bicyclic) bond motifs is 1. The summed E-state index contributed by atoms with van der Waals surface area (Å²) < 4.78 is 0. The molecule has 7 heteroatoms. The van der Waals surface area contributed by atoms with Crippen molar-refractivity contribution in [2.75, 3.05) is 5.32 Å². The monoisotopic (exact) mass is 499 g/mol. The van der Waals surface area contributed by atoms with Gasteiger partial charge in [-0.2, -0.15) is 5.10 Å². The van der Waals surface area contributed by atoms with Gasteiger partial charge in [0.2, 0.25) is 0 Å². The van der Waals surface area contributed by atoms with Crippen molar-refractivity contribution in [3.63, 3.8) is 0 Å². The van der Waals surface area contributed by atoms with E-state index in [-0.39, 0.29) is 0 Å². The maximum atomic E-state index is 4.56. The van der Waals surface area contributed by atoms with Gasteiger partial charge in [0.15, 0.2) is 0 Å². The number of hydrogen-bond donors (Lipinski definition) is 3. The van der Waals surface area contributed by atoms with E-state index >= 15 is 0 Å². The predicted octanol–water partition coefficient (Wildman–Crippen LogP) is 5.43. The Labute approximate surface area is 220 Å². The van der Waals surface area contributed by atoms with E-state index in [1.807, 2.05) is 49.1 Å². The molecule has 0 aromatic carbocycles. The number of H-pyrrole nitrogens is 2. The zero-order chi connectivity index (χ0) is 26.1. The van der Waals surface area contributed by atoms with Crippen molar-refractivity contribution >= 4 is 34.8 Å². The second kappa shape index (κ2) is 9.94. The maximum Gasteiger partial charge on any atom is 0.116 e. The van der Waals surface area contributed by atoms with Crippen LogP contribution in [0, 0.1) is 5.92 Å². The van der Waals surface area contributed by atoms with Crippen molar-refractivity contribution < 1.29 is 0 Å². The van der Waals surface area contributed by atoms with Crippen molar-refractivity contribution in [1.82, 2.24) is 30.1 Å². The number of aromatic nitrogens is 6. The minimum atomic E-state index is 0.573. The molecule has 1 aliphatic carbocycles. The molecule has 5 aromatic rings. The summed E-state index contributed by atoms with van der Waals surface area (Å²) in [5.41, 5.74) is 8.59. The highest BCUT2D eigenvalue weighted by Gasteiger charge is 2.20. The number of allylic oxidation sites excluding steroid dienone is 3. The van der Waals surface area contributed by atoms with Crippen molar-refractivity contribution in [2.24, 2.45) is 5.92 Å². The predicted molar refractivity (Wildman–Crippen MR) is 154 cm³/mol. The van der Waals surface area contributed by atoms with Crippen LogP contribution in [0.5, 0.6) is 0 Å². The van der Waals surface area contributed by atoms with E-state index in [9.17, 15) is 0 Å². The molecule has 0 radical (unpaired) electrons. The van der Waals surface area contributed by atoms with Gasteiger partial charge >= 0.3 is 0 Å². The van der Waals surface area contributed by atoms with Crippen LogP contribution in [0.2, 0.25) is 0 Å². The molecule has 1 fully saturated rings. The Hall–Kier alpha value is -4.78. The van der Waals surface area contributed by atoms with E-state index in [0.29, 0.717) is 5.92 Å². The van der Waals surface area contributed by atoms with Crippen LogP contribution in [0.25, 0.3) is 51.8 Å². The Bertz CT molecular complexity index is 1770. The number of aromatic amines is 2. The molecule has 0 atom stereocenters. The number of anilines is 1. The molecule has 5 aromatic heterocycles. The Balaban J connectivity index is 1.27. The molecular weight excluding hydrogens is 470 g/mol. The zero-order valence-electron chi connectivity index (χ0n) is 21.3. The van der Waals surface area contributed by atoms with Gasteiger partial charge in [-0.05, 0) is 67.2 Å². The minimum Gasteiger partial charge on any atom is -0.358 e. The highest BCUT2D eigenvalue weighted by molar-refractivity contribution is 5.96. The molecule has 1 aliphatic rings. The Morgan fingerprint density at radius 3 is 2.76 bits per heavy atom. The second-order valence-electron chi connectivity index (χ2n) is 9.77. The normalized spacial score (nSPS) is 14.6. The molecule has 188 valence electrons. The Kier molecular flexibility index (Phi) is 6.17. The number of nitrogens with one attached hydrogen (secondary N) is 3. The first-order chi connectivity index (χ1) is 18.6. The third-order valence-electron chi connectivity index (χ3n) is 7.24. The summed E-state index contributed by atoms with van der Waals surface area (Å²) in [6.45, 7) is 10.6. The van der Waals surface area contributed by atoms with Gasteiger partial charge in [-0.3, -0.25) is 20.1 Å². The molecule has 0 amide bonds. The molecule has 6 rings (SSSR count). The number of nitrogens with zero attached hydrogens (tertiary/aromatic N) is 4. The van der Waals surface area contributed by atoms with Crippen LogP contribution in [0.1, 0.15) is 31.7 Å². The molecule has 0 aliphatic heterocycles. The third-order valence-corrected chi connectivity index (χ3v) is 7.24. The van der Waals surface area contributed by atoms with Gasteiger partial charge in [0.05, 0.1) is 40.3 Å². The van der Waals surface area contributed by atoms with Gasteiger partial charge in [0.25, 0.3) is 0 Å². The van der Waals surface area contributed by atoms with Crippen LogP contribution >= 0.6 is 0 Å². The summed E-state index contributed by atoms with van der Waals surface area (Å²) in [4.78, 5) is 16.7. The number of rotatable bonds is 7. The van der Waals surface area contributed by atoms with E-state index in [1.165, 1.54) is 19.3 Å². The molecule has 1 saturated carbocycles. The van der Waals surface area contributed by atoms with Crippen molar-refractivity contribution in [3.05, 3.63) is 95.8 Å². The average molecular weight is 500 g/mol. The van der Waals surface area contributed by atoms with Gasteiger partial charge in [-0.15, -0.1) is 0 Å². The third kappa shape index (κ3) is 4.54. The summed E-state index contributed by atoms with van der Waals surface area (Å²) in [6.07, 6.45) is 16.9. The molecule has 38 heavy (non-hydrogen) atoms. The first-order valence-electron chi connectivity index (χ1n) is 12.8. The molecule has 0 bridgehead atoms. The topological polar surface area (TPSA) is 95.2 Å². The Morgan fingerprint density at radius 2 is 1.97 bits per heavy atom. The van der Waals surface area contributed by atoms with Gasteiger partial charge in [0.1, 0.15) is 5.69 Å². The second-order valence-corrected chi connectivity index (χ2v) is 9.77. The van der Waals surface area contributed by atoms with E-state index in [1.54, 1.807) is 6.20 Å². The van der Waals surface area contributed by atoms with Crippen molar-refractivity contribution in [3.8, 4) is 22.6 Å². The fraction of sp³-hybridized carbons (Fsp3) is 0.161. The lowest BCUT2D eigenvalue weighted by Gasteiger charge is -2.28. The minimum absolute atomic E-state index is 0.573. The fourth-order valence-corrected chi connectivity index (χ4v) is 4.72. The van der Waals surface area contributed by atoms with Crippen molar-refractivity contribution in [1.29, 1.82) is 0 Å². The van der Waals surface area contributed by atoms with Crippen LogP contribution in [-0.2, 0) is 0 Å². The van der Waals surface area contributed by atoms with Gasteiger partial charge in [-0.25, -0.2) is 0 Å². The van der Waals surface area contributed by atoms with Gasteiger partial charge in [-0.1, -0.05) is 31.7 Å². The van der Waals surface area contributed by atoms with E-state index in [2.05, 4.69) is 73.7 Å². The summed E-state index contributed by atoms with van der Waals surface area (Å²) in [5, 5.41) is 13.8. The number of pyridine rings is 3. The largest absolute Gasteiger partial charge is 0.358 e. The quantitative estimate of drug-likeness (QED) is 0.278. The van der Waals surface area contributed by atoms with E-state index in [4.69, 9.17) is 0 Å². The Morgan fingerprint density at radius 1 is 1.11 bits per heavy atom. The summed E-state index contributed by atoms with van der Waals surface area (Å²) in [7, 11) is 0. The highest BCUT2D eigenvalue weighted by atomic mass is 15.1. The maximum absolute atomic E-state index is 4.56. The summed E-state index contributed by atoms with van der Waals surface area (Å²) in [6, 6.07) is 10.1. The van der Waals surface area contributed by atoms with Gasteiger partial charge in [0, 0.05) is 40.5 Å². The van der Waals surface area contributed by atoms with Crippen LogP contribution in [0.4, 0.5) is 5.69 Å². The molecule has 0 spiro atoms. The van der Waals surface area contributed by atoms with E-state index in [0.717, 1.165) is 66.6 Å². The standard InChI is InChI=1S/C31H29N7/c1-19(23-13-24(16-32-15-23)35-21(3)22-7-6-8-22)10-11-27-20(2)31(38-37-27)29-14-25-26(17-33-18-30(25)36-29)28-9-4-5-12-34-28/h4-5,9-18,22,35-37H,2-3,6-8H2,1H3/b19-10+,27-11+. The molecular formula is C31H29N7. The van der Waals surface area contributed by atoms with Crippen LogP contribution < -0.4 is 15.9 Å². The zero-order valence-corrected chi connectivity index (χ0v) is 21.3. The fourth-order valence-electron chi connectivity index (χ4n) is 4.72. The van der Waals surface area contributed by atoms with Gasteiger partial charge < -0.3 is 10.3 Å².